The van der Waals surface area contributed by atoms with E-state index in [0.717, 1.165) is 123 Å². The van der Waals surface area contributed by atoms with Gasteiger partial charge in [-0.3, -0.25) is 0 Å². The molecule has 0 fully saturated rings. The van der Waals surface area contributed by atoms with Crippen molar-refractivity contribution in [1.29, 1.82) is 0 Å². The van der Waals surface area contributed by atoms with Crippen LogP contribution in [0.2, 0.25) is 0 Å². The fraction of sp³-hybridized carbons (Fsp3) is 0. The maximum atomic E-state index is 5.38. The van der Waals surface area contributed by atoms with Gasteiger partial charge in [0.1, 0.15) is 0 Å². The third-order valence-electron chi connectivity index (χ3n) is 14.3. The quantitative estimate of drug-likeness (QED) is 0.114. The van der Waals surface area contributed by atoms with Crippen LogP contribution in [0.3, 0.4) is 0 Å². The van der Waals surface area contributed by atoms with Gasteiger partial charge < -0.3 is 0 Å². The van der Waals surface area contributed by atoms with Gasteiger partial charge in [-0.05, 0) is 67.8 Å². The third kappa shape index (κ3) is 10.2. The molecule has 11 aromatic carbocycles. The molecule has 4 nitrogen and oxygen atoms in total. The molecule has 374 valence electrons. The third-order valence-corrected chi connectivity index (χ3v) is 14.3. The summed E-state index contributed by atoms with van der Waals surface area (Å²) in [5, 5.41) is 0. The number of benzene rings is 11. The van der Waals surface area contributed by atoms with E-state index in [1.165, 1.54) is 0 Å². The molecule has 0 aliphatic rings. The van der Waals surface area contributed by atoms with Crippen LogP contribution in [0, 0.1) is 12.1 Å². The van der Waals surface area contributed by atoms with Crippen LogP contribution in [0.5, 0.6) is 0 Å². The summed E-state index contributed by atoms with van der Waals surface area (Å²) in [6, 6.07) is 105. The molecule has 79 heavy (non-hydrogen) atoms. The summed E-state index contributed by atoms with van der Waals surface area (Å²) in [6.07, 6.45) is 3.75. The summed E-state index contributed by atoms with van der Waals surface area (Å²) >= 11 is 0. The van der Waals surface area contributed by atoms with Crippen LogP contribution in [0.1, 0.15) is 0 Å². The Kier molecular flexibility index (Phi) is 14.5. The zero-order valence-electron chi connectivity index (χ0n) is 42.8. The number of nitrogens with zero attached hydrogens (tertiary/aromatic N) is 4. The Hall–Kier alpha value is -9.73. The standard InChI is InChI=1S/C74H48N4.Pt/c1-5-23-51(24-6-1)63-41-21-42-64(52-25-7-2-8-26-52)71(63)69-45-47-75-73(77-69)67-39-17-15-37-61(67)57-33-19-31-55(49-57)59-35-13-14-36-60(59)56-32-20-34-58(50-56)62-38-16-18-40-68(62)74-76-48-46-70(78-74)72-65(53-27-9-3-10-28-53)43-22-44-66(72)54-29-11-4-12-30-54;/h1-48H;/q-2;+2. The van der Waals surface area contributed by atoms with E-state index in [9.17, 15) is 0 Å². The van der Waals surface area contributed by atoms with Gasteiger partial charge in [-0.1, -0.05) is 242 Å². The van der Waals surface area contributed by atoms with E-state index in [2.05, 4.69) is 279 Å². The van der Waals surface area contributed by atoms with Gasteiger partial charge in [0.15, 0.2) is 11.6 Å². The number of rotatable bonds is 12. The molecule has 0 aliphatic heterocycles. The normalized spacial score (nSPS) is 10.9. The van der Waals surface area contributed by atoms with E-state index < -0.39 is 0 Å². The van der Waals surface area contributed by atoms with Crippen LogP contribution in [0.25, 0.3) is 134 Å². The van der Waals surface area contributed by atoms with Crippen molar-refractivity contribution in [2.24, 2.45) is 0 Å². The van der Waals surface area contributed by atoms with Crippen molar-refractivity contribution in [3.8, 4) is 134 Å². The summed E-state index contributed by atoms with van der Waals surface area (Å²) in [5.74, 6) is 1.28. The molecule has 0 amide bonds. The van der Waals surface area contributed by atoms with Crippen LogP contribution in [0.15, 0.2) is 291 Å². The first kappa shape index (κ1) is 50.1. The van der Waals surface area contributed by atoms with Gasteiger partial charge in [-0.15, -0.1) is 81.9 Å². The minimum absolute atomic E-state index is 0. The molecular weight excluding hydrogens is 1140 g/mol. The maximum Gasteiger partial charge on any atom is 2.00 e. The molecule has 0 saturated carbocycles. The minimum atomic E-state index is 0. The second-order valence-corrected chi connectivity index (χ2v) is 19.0. The molecule has 0 aliphatic carbocycles. The van der Waals surface area contributed by atoms with Crippen molar-refractivity contribution in [3.05, 3.63) is 304 Å². The second-order valence-electron chi connectivity index (χ2n) is 19.0. The van der Waals surface area contributed by atoms with Crippen LogP contribution in [0.4, 0.5) is 0 Å². The van der Waals surface area contributed by atoms with Crippen molar-refractivity contribution in [2.45, 2.75) is 0 Å². The van der Waals surface area contributed by atoms with E-state index in [1.54, 1.807) is 0 Å². The SMILES string of the molecule is [Pt+2].[c-]1c(-c2ccccc2-c2[c-]c(-c3ccccc3-c3nccc(-c4c(-c5ccccc5)cccc4-c4ccccc4)n3)ccc2)cccc1-c1ccccc1-c1nccc(-c2c(-c3ccccc3)cccc2-c2ccccc2)n1. The zero-order chi connectivity index (χ0) is 52.0. The van der Waals surface area contributed by atoms with Gasteiger partial charge in [0.05, 0.1) is 11.4 Å². The molecule has 13 aromatic rings. The fourth-order valence-electron chi connectivity index (χ4n) is 10.7. The number of aromatic nitrogens is 4. The number of hydrogen-bond acceptors (Lipinski definition) is 4. The molecule has 0 N–H and O–H groups in total. The van der Waals surface area contributed by atoms with Crippen LogP contribution in [-0.4, -0.2) is 19.9 Å². The molecule has 13 rings (SSSR count). The van der Waals surface area contributed by atoms with E-state index in [4.69, 9.17) is 19.9 Å². The molecule has 2 heterocycles. The van der Waals surface area contributed by atoms with E-state index in [-0.39, 0.29) is 21.1 Å². The van der Waals surface area contributed by atoms with Crippen molar-refractivity contribution in [1.82, 2.24) is 19.9 Å². The molecule has 0 saturated heterocycles. The summed E-state index contributed by atoms with van der Waals surface area (Å²) in [7, 11) is 0. The molecular formula is C74H48N4Pt. The van der Waals surface area contributed by atoms with Gasteiger partial charge in [-0.25, -0.2) is 19.9 Å². The summed E-state index contributed by atoms with van der Waals surface area (Å²) in [5.41, 5.74) is 22.5. The van der Waals surface area contributed by atoms with Crippen molar-refractivity contribution in [3.63, 3.8) is 0 Å². The first-order valence-corrected chi connectivity index (χ1v) is 26.2. The molecule has 0 unspecified atom stereocenters. The van der Waals surface area contributed by atoms with Gasteiger partial charge in [0.25, 0.3) is 0 Å². The molecule has 0 atom stereocenters. The van der Waals surface area contributed by atoms with Gasteiger partial charge >= 0.3 is 21.1 Å². The Morgan fingerprint density at radius 1 is 0.215 bits per heavy atom. The van der Waals surface area contributed by atoms with E-state index >= 15 is 0 Å². The van der Waals surface area contributed by atoms with Crippen LogP contribution in [-0.2, 0) is 21.1 Å². The Labute approximate surface area is 475 Å². The van der Waals surface area contributed by atoms with Gasteiger partial charge in [0, 0.05) is 23.5 Å². The average molecular weight is 1190 g/mol. The average Bonchev–Trinajstić information content (AvgIpc) is 3.61. The van der Waals surface area contributed by atoms with Gasteiger partial charge in [-0.2, -0.15) is 0 Å². The Morgan fingerprint density at radius 3 is 0.759 bits per heavy atom. The van der Waals surface area contributed by atoms with Crippen molar-refractivity contribution in [2.75, 3.05) is 0 Å². The van der Waals surface area contributed by atoms with E-state index in [0.29, 0.717) is 11.6 Å². The predicted octanol–water partition coefficient (Wildman–Crippen LogP) is 18.9. The molecule has 0 radical (unpaired) electrons. The van der Waals surface area contributed by atoms with Gasteiger partial charge in [0.2, 0.25) is 0 Å². The molecule has 0 bridgehead atoms. The second kappa shape index (κ2) is 22.9. The minimum Gasteiger partial charge on any atom is -0.237 e. The van der Waals surface area contributed by atoms with Crippen molar-refractivity contribution < 1.29 is 21.1 Å². The first-order valence-electron chi connectivity index (χ1n) is 26.2. The summed E-state index contributed by atoms with van der Waals surface area (Å²) < 4.78 is 0. The fourth-order valence-corrected chi connectivity index (χ4v) is 10.7. The molecule has 5 heteroatoms. The van der Waals surface area contributed by atoms with Crippen LogP contribution >= 0.6 is 0 Å². The summed E-state index contributed by atoms with van der Waals surface area (Å²) in [6.45, 7) is 0. The Morgan fingerprint density at radius 2 is 0.456 bits per heavy atom. The topological polar surface area (TPSA) is 51.6 Å². The smallest absolute Gasteiger partial charge is 0.237 e. The first-order chi connectivity index (χ1) is 38.7. The van der Waals surface area contributed by atoms with E-state index in [1.807, 2.05) is 24.5 Å². The van der Waals surface area contributed by atoms with Crippen LogP contribution < -0.4 is 0 Å². The predicted molar refractivity (Wildman–Crippen MR) is 321 cm³/mol. The monoisotopic (exact) mass is 1190 g/mol. The molecule has 0 spiro atoms. The van der Waals surface area contributed by atoms with Crippen molar-refractivity contribution >= 4 is 0 Å². The molecule has 2 aromatic heterocycles. The maximum absolute atomic E-state index is 5.38. The number of hydrogen-bond donors (Lipinski definition) is 0. The zero-order valence-corrected chi connectivity index (χ0v) is 45.1. The summed E-state index contributed by atoms with van der Waals surface area (Å²) in [4.78, 5) is 20.6. The Bertz CT molecular complexity index is 3870. The largest absolute Gasteiger partial charge is 2.00 e. The Balaban J connectivity index is 0.00000623.